The summed E-state index contributed by atoms with van der Waals surface area (Å²) in [6.07, 6.45) is 3.49. The van der Waals surface area contributed by atoms with Crippen molar-refractivity contribution >= 4 is 16.6 Å². The van der Waals surface area contributed by atoms with Crippen molar-refractivity contribution in [3.63, 3.8) is 0 Å². The Morgan fingerprint density at radius 3 is 2.48 bits per heavy atom. The smallest absolute Gasteiger partial charge is 0.297 e. The molecule has 0 aliphatic rings. The summed E-state index contributed by atoms with van der Waals surface area (Å²) in [7, 11) is 1.44. The van der Waals surface area contributed by atoms with Crippen molar-refractivity contribution < 1.29 is 14.4 Å². The average Bonchev–Trinajstić information content (AvgIpc) is 2.61. The molecule has 25 heavy (non-hydrogen) atoms. The fourth-order valence-electron chi connectivity index (χ4n) is 2.68. The molecule has 0 aliphatic carbocycles. The number of non-ortho nitro benzene ring substituents is 1. The van der Waals surface area contributed by atoms with Crippen LogP contribution in [0.5, 0.6) is 11.5 Å². The van der Waals surface area contributed by atoms with E-state index in [0.717, 1.165) is 25.7 Å². The number of hydrogen-bond acceptors (Lipinski definition) is 5. The van der Waals surface area contributed by atoms with Gasteiger partial charge in [-0.05, 0) is 18.9 Å². The first kappa shape index (κ1) is 18.8. The molecule has 1 aromatic heterocycles. The fraction of sp³-hybridized carbons (Fsp3) is 0.500. The van der Waals surface area contributed by atoms with Gasteiger partial charge in [-0.25, -0.2) is 0 Å². The molecule has 0 amide bonds. The molecular formula is C18H24N2O5. The van der Waals surface area contributed by atoms with E-state index < -0.39 is 4.92 Å². The summed E-state index contributed by atoms with van der Waals surface area (Å²) in [6, 6.07) is 4.47. The van der Waals surface area contributed by atoms with Gasteiger partial charge >= 0.3 is 0 Å². The summed E-state index contributed by atoms with van der Waals surface area (Å²) >= 11 is 0. The molecule has 0 bridgehead atoms. The van der Waals surface area contributed by atoms with Crippen molar-refractivity contribution in [2.75, 3.05) is 13.7 Å². The molecule has 0 unspecified atom stereocenters. The minimum atomic E-state index is -0.462. The van der Waals surface area contributed by atoms with Gasteiger partial charge in [0.25, 0.3) is 11.2 Å². The molecule has 7 nitrogen and oxygen atoms in total. The minimum absolute atomic E-state index is 0.0539. The third-order valence-electron chi connectivity index (χ3n) is 4.06. The molecule has 2 rings (SSSR count). The van der Waals surface area contributed by atoms with E-state index in [1.165, 1.54) is 23.8 Å². The molecule has 1 heterocycles. The highest BCUT2D eigenvalue weighted by Crippen LogP contribution is 2.34. The van der Waals surface area contributed by atoms with Crippen molar-refractivity contribution in [1.82, 2.24) is 4.57 Å². The van der Waals surface area contributed by atoms with Gasteiger partial charge in [0.05, 0.1) is 24.2 Å². The SMILES string of the molecule is CCCCOc1c(OC)c(=O)n(CCCC)c2cc([N+](=O)[O-])ccc12. The van der Waals surface area contributed by atoms with E-state index >= 15 is 0 Å². The number of nitrogens with zero attached hydrogens (tertiary/aromatic N) is 2. The number of unbranched alkanes of at least 4 members (excludes halogenated alkanes) is 2. The van der Waals surface area contributed by atoms with Gasteiger partial charge in [-0.1, -0.05) is 26.7 Å². The standard InChI is InChI=1S/C18H24N2O5/c1-4-6-10-19-15-12-13(20(22)23)8-9-14(15)16(25-11-7-5-2)17(24-3)18(19)21/h8-9,12H,4-7,10-11H2,1-3H3. The molecule has 0 saturated heterocycles. The molecule has 0 fully saturated rings. The van der Waals surface area contributed by atoms with Crippen molar-refractivity contribution in [2.45, 2.75) is 46.1 Å². The minimum Gasteiger partial charge on any atom is -0.489 e. The number of rotatable bonds is 9. The molecular weight excluding hydrogens is 324 g/mol. The van der Waals surface area contributed by atoms with Crippen molar-refractivity contribution in [3.05, 3.63) is 38.7 Å². The second-order valence-corrected chi connectivity index (χ2v) is 5.83. The zero-order chi connectivity index (χ0) is 18.4. The summed E-state index contributed by atoms with van der Waals surface area (Å²) < 4.78 is 12.7. The van der Waals surface area contributed by atoms with Gasteiger partial charge in [-0.15, -0.1) is 0 Å². The highest BCUT2D eigenvalue weighted by molar-refractivity contribution is 5.89. The number of ether oxygens (including phenoxy) is 2. The fourth-order valence-corrected chi connectivity index (χ4v) is 2.68. The predicted molar refractivity (Wildman–Crippen MR) is 96.7 cm³/mol. The largest absolute Gasteiger partial charge is 0.489 e. The number of hydrogen-bond donors (Lipinski definition) is 0. The third kappa shape index (κ3) is 3.92. The lowest BCUT2D eigenvalue weighted by Crippen LogP contribution is -2.23. The highest BCUT2D eigenvalue weighted by atomic mass is 16.6. The van der Waals surface area contributed by atoms with E-state index in [0.29, 0.717) is 29.8 Å². The second-order valence-electron chi connectivity index (χ2n) is 5.83. The number of aryl methyl sites for hydroxylation is 1. The Labute approximate surface area is 146 Å². The lowest BCUT2D eigenvalue weighted by Gasteiger charge is -2.17. The molecule has 7 heteroatoms. The Kier molecular flexibility index (Phi) is 6.38. The van der Waals surface area contributed by atoms with E-state index in [4.69, 9.17) is 9.47 Å². The first-order chi connectivity index (χ1) is 12.0. The zero-order valence-corrected chi connectivity index (χ0v) is 14.9. The quantitative estimate of drug-likeness (QED) is 0.390. The number of benzene rings is 1. The van der Waals surface area contributed by atoms with Gasteiger partial charge in [-0.2, -0.15) is 0 Å². The van der Waals surface area contributed by atoms with E-state index in [9.17, 15) is 14.9 Å². The van der Waals surface area contributed by atoms with E-state index in [1.54, 1.807) is 6.07 Å². The second kappa shape index (κ2) is 8.50. The predicted octanol–water partition coefficient (Wildman–Crippen LogP) is 3.90. The van der Waals surface area contributed by atoms with Crippen LogP contribution in [0.3, 0.4) is 0 Å². The van der Waals surface area contributed by atoms with Crippen LogP contribution in [0.4, 0.5) is 5.69 Å². The summed E-state index contributed by atoms with van der Waals surface area (Å²) in [5, 5.41) is 11.8. The first-order valence-corrected chi connectivity index (χ1v) is 8.56. The number of nitro benzene ring substituents is 1. The van der Waals surface area contributed by atoms with Gasteiger partial charge in [0.15, 0.2) is 5.75 Å². The van der Waals surface area contributed by atoms with E-state index in [2.05, 4.69) is 0 Å². The zero-order valence-electron chi connectivity index (χ0n) is 14.9. The monoisotopic (exact) mass is 348 g/mol. The van der Waals surface area contributed by atoms with Crippen molar-refractivity contribution in [3.8, 4) is 11.5 Å². The number of methoxy groups -OCH3 is 1. The summed E-state index contributed by atoms with van der Waals surface area (Å²) in [4.78, 5) is 23.5. The van der Waals surface area contributed by atoms with Crippen molar-refractivity contribution in [1.29, 1.82) is 0 Å². The van der Waals surface area contributed by atoms with Crippen LogP contribution in [0.2, 0.25) is 0 Å². The van der Waals surface area contributed by atoms with Gasteiger partial charge in [0, 0.05) is 24.1 Å². The van der Waals surface area contributed by atoms with Crippen LogP contribution < -0.4 is 15.0 Å². The van der Waals surface area contributed by atoms with Crippen LogP contribution in [0.25, 0.3) is 10.9 Å². The van der Waals surface area contributed by atoms with Gasteiger partial charge < -0.3 is 14.0 Å². The normalized spacial score (nSPS) is 10.8. The number of fused-ring (bicyclic) bond motifs is 1. The molecule has 0 aliphatic heterocycles. The van der Waals surface area contributed by atoms with Crippen molar-refractivity contribution in [2.24, 2.45) is 0 Å². The van der Waals surface area contributed by atoms with Crippen LogP contribution in [0, 0.1) is 10.1 Å². The summed E-state index contributed by atoms with van der Waals surface area (Å²) in [5.41, 5.74) is 0.122. The molecule has 136 valence electrons. The Hall–Kier alpha value is -2.57. The number of nitro groups is 1. The van der Waals surface area contributed by atoms with E-state index in [-0.39, 0.29) is 17.0 Å². The average molecular weight is 348 g/mol. The Morgan fingerprint density at radius 1 is 1.16 bits per heavy atom. The Balaban J connectivity index is 2.73. The van der Waals surface area contributed by atoms with Crippen LogP contribution >= 0.6 is 0 Å². The Morgan fingerprint density at radius 2 is 1.88 bits per heavy atom. The third-order valence-corrected chi connectivity index (χ3v) is 4.06. The van der Waals surface area contributed by atoms with Crippen LogP contribution in [-0.2, 0) is 6.54 Å². The lowest BCUT2D eigenvalue weighted by molar-refractivity contribution is -0.384. The molecule has 0 radical (unpaired) electrons. The van der Waals surface area contributed by atoms with E-state index in [1.807, 2.05) is 13.8 Å². The number of pyridine rings is 1. The van der Waals surface area contributed by atoms with Gasteiger partial charge in [0.2, 0.25) is 5.75 Å². The Bertz CT molecular complexity index is 813. The molecule has 1 aromatic carbocycles. The topological polar surface area (TPSA) is 83.6 Å². The molecule has 0 saturated carbocycles. The van der Waals surface area contributed by atoms with Crippen LogP contribution in [0.15, 0.2) is 23.0 Å². The maximum absolute atomic E-state index is 12.8. The highest BCUT2D eigenvalue weighted by Gasteiger charge is 2.21. The van der Waals surface area contributed by atoms with Crippen LogP contribution in [-0.4, -0.2) is 23.2 Å². The van der Waals surface area contributed by atoms with Gasteiger partial charge in [-0.3, -0.25) is 14.9 Å². The maximum Gasteiger partial charge on any atom is 0.297 e. The molecule has 0 N–H and O–H groups in total. The molecule has 2 aromatic rings. The molecule has 0 spiro atoms. The molecule has 0 atom stereocenters. The number of aromatic nitrogens is 1. The summed E-state index contributed by atoms with van der Waals surface area (Å²) in [6.45, 7) is 5.00. The first-order valence-electron chi connectivity index (χ1n) is 8.56. The van der Waals surface area contributed by atoms with Crippen LogP contribution in [0.1, 0.15) is 39.5 Å². The maximum atomic E-state index is 12.8. The summed E-state index contributed by atoms with van der Waals surface area (Å²) in [5.74, 6) is 0.507. The van der Waals surface area contributed by atoms with Gasteiger partial charge in [0.1, 0.15) is 0 Å². The lowest BCUT2D eigenvalue weighted by atomic mass is 10.1.